The van der Waals surface area contributed by atoms with E-state index < -0.39 is 0 Å². The molecule has 0 atom stereocenters. The van der Waals surface area contributed by atoms with Crippen LogP contribution in [0.25, 0.3) is 0 Å². The highest BCUT2D eigenvalue weighted by Crippen LogP contribution is 2.21. The molecule has 1 aromatic rings. The summed E-state index contributed by atoms with van der Waals surface area (Å²) in [4.78, 5) is 16.1. The Bertz CT molecular complexity index is 491. The zero-order valence-corrected chi connectivity index (χ0v) is 16.2. The van der Waals surface area contributed by atoms with Crippen molar-refractivity contribution in [2.45, 2.75) is 19.4 Å². The summed E-state index contributed by atoms with van der Waals surface area (Å²) in [5.74, 6) is -0.0584. The summed E-state index contributed by atoms with van der Waals surface area (Å²) in [6.07, 6.45) is 1.44. The molecule has 0 spiro atoms. The average molecular weight is 401 g/mol. The Morgan fingerprint density at radius 1 is 1.25 bits per heavy atom. The van der Waals surface area contributed by atoms with E-state index in [2.05, 4.69) is 10.2 Å². The van der Waals surface area contributed by atoms with Gasteiger partial charge < -0.3 is 10.2 Å². The largest absolute Gasteiger partial charge is 0.340 e. The van der Waals surface area contributed by atoms with Crippen LogP contribution in [0.1, 0.15) is 18.4 Å². The first kappa shape index (κ1) is 23.4. The average Bonchev–Trinajstić information content (AvgIpc) is 2.52. The van der Waals surface area contributed by atoms with Crippen molar-refractivity contribution < 1.29 is 9.18 Å². The minimum absolute atomic E-state index is 0. The molecule has 1 aliphatic rings. The molecule has 1 aromatic carbocycles. The first-order chi connectivity index (χ1) is 10.6. The van der Waals surface area contributed by atoms with Gasteiger partial charge in [-0.2, -0.15) is 0 Å². The second kappa shape index (κ2) is 11.9. The maximum absolute atomic E-state index is 13.8. The predicted octanol–water partition coefficient (Wildman–Crippen LogP) is 2.97. The second-order valence-electron chi connectivity index (χ2n) is 5.56. The molecule has 0 aliphatic carbocycles. The Morgan fingerprint density at radius 3 is 2.50 bits per heavy atom. The summed E-state index contributed by atoms with van der Waals surface area (Å²) < 4.78 is 13.8. The normalized spacial score (nSPS) is 14.7. The van der Waals surface area contributed by atoms with Crippen LogP contribution in [0.15, 0.2) is 18.2 Å². The van der Waals surface area contributed by atoms with Gasteiger partial charge in [-0.25, -0.2) is 4.39 Å². The summed E-state index contributed by atoms with van der Waals surface area (Å²) in [7, 11) is 1.89. The summed E-state index contributed by atoms with van der Waals surface area (Å²) in [5.41, 5.74) is 0.540. The van der Waals surface area contributed by atoms with Crippen LogP contribution < -0.4 is 5.32 Å². The second-order valence-corrected chi connectivity index (χ2v) is 5.97. The first-order valence-electron chi connectivity index (χ1n) is 7.69. The number of amides is 1. The fourth-order valence-corrected chi connectivity index (χ4v) is 2.86. The van der Waals surface area contributed by atoms with Crippen molar-refractivity contribution in [3.63, 3.8) is 0 Å². The predicted molar refractivity (Wildman–Crippen MR) is 101 cm³/mol. The fourth-order valence-electron chi connectivity index (χ4n) is 2.64. The highest BCUT2D eigenvalue weighted by Gasteiger charge is 2.22. The van der Waals surface area contributed by atoms with Gasteiger partial charge in [0.2, 0.25) is 5.91 Å². The molecule has 1 aliphatic heterocycles. The van der Waals surface area contributed by atoms with Crippen molar-refractivity contribution in [2.24, 2.45) is 0 Å². The Morgan fingerprint density at radius 2 is 1.92 bits per heavy atom. The van der Waals surface area contributed by atoms with Crippen molar-refractivity contribution >= 4 is 42.3 Å². The highest BCUT2D eigenvalue weighted by atomic mass is 35.5. The number of hydrogen-bond acceptors (Lipinski definition) is 3. The summed E-state index contributed by atoms with van der Waals surface area (Å²) in [5, 5.41) is 3.51. The quantitative estimate of drug-likeness (QED) is 0.746. The van der Waals surface area contributed by atoms with E-state index in [1.807, 2.05) is 11.9 Å². The summed E-state index contributed by atoms with van der Waals surface area (Å²) >= 11 is 6.06. The molecule has 4 nitrogen and oxygen atoms in total. The van der Waals surface area contributed by atoms with E-state index in [1.165, 1.54) is 6.07 Å². The molecule has 0 saturated carbocycles. The van der Waals surface area contributed by atoms with Gasteiger partial charge in [-0.05, 0) is 32.1 Å². The molecule has 0 aromatic heterocycles. The van der Waals surface area contributed by atoms with Crippen LogP contribution in [0.4, 0.5) is 4.39 Å². The van der Waals surface area contributed by atoms with Crippen LogP contribution in [-0.4, -0.2) is 55.5 Å². The lowest BCUT2D eigenvalue weighted by Gasteiger charge is -2.35. The lowest BCUT2D eigenvalue weighted by molar-refractivity contribution is -0.133. The minimum Gasteiger partial charge on any atom is -0.340 e. The third-order valence-electron chi connectivity index (χ3n) is 3.99. The Labute approximate surface area is 160 Å². The van der Waals surface area contributed by atoms with Crippen LogP contribution in [0.3, 0.4) is 0 Å². The van der Waals surface area contributed by atoms with E-state index in [0.717, 1.165) is 26.1 Å². The van der Waals surface area contributed by atoms with Gasteiger partial charge in [0, 0.05) is 49.7 Å². The molecule has 1 fully saturated rings. The van der Waals surface area contributed by atoms with E-state index in [1.54, 1.807) is 12.1 Å². The van der Waals surface area contributed by atoms with Gasteiger partial charge in [-0.15, -0.1) is 24.8 Å². The minimum atomic E-state index is -0.266. The number of halogens is 4. The molecule has 1 saturated heterocycles. The van der Waals surface area contributed by atoms with Gasteiger partial charge >= 0.3 is 0 Å². The fraction of sp³-hybridized carbons (Fsp3) is 0.562. The third kappa shape index (κ3) is 6.73. The highest BCUT2D eigenvalue weighted by molar-refractivity contribution is 6.31. The zero-order valence-electron chi connectivity index (χ0n) is 13.8. The molecule has 0 bridgehead atoms. The number of carbonyl (C=O) groups is 1. The monoisotopic (exact) mass is 399 g/mol. The maximum Gasteiger partial charge on any atom is 0.222 e. The van der Waals surface area contributed by atoms with Crippen LogP contribution in [-0.2, 0) is 11.3 Å². The van der Waals surface area contributed by atoms with Crippen molar-refractivity contribution in [3.05, 3.63) is 34.6 Å². The van der Waals surface area contributed by atoms with Crippen molar-refractivity contribution in [1.29, 1.82) is 0 Å². The van der Waals surface area contributed by atoms with Gasteiger partial charge in [-0.3, -0.25) is 9.69 Å². The molecule has 1 N–H and O–H groups in total. The van der Waals surface area contributed by atoms with Crippen molar-refractivity contribution in [3.8, 4) is 0 Å². The molecule has 0 radical (unpaired) electrons. The number of rotatable bonds is 6. The molecular formula is C16H25Cl3FN3O. The van der Waals surface area contributed by atoms with E-state index in [-0.39, 0.29) is 36.5 Å². The Kier molecular flexibility index (Phi) is 11.6. The number of benzene rings is 1. The van der Waals surface area contributed by atoms with Gasteiger partial charge in [0.05, 0.1) is 0 Å². The van der Waals surface area contributed by atoms with Crippen LogP contribution in [0.2, 0.25) is 5.02 Å². The van der Waals surface area contributed by atoms with E-state index in [9.17, 15) is 9.18 Å². The number of piperazine rings is 1. The molecular weight excluding hydrogens is 376 g/mol. The number of carbonyl (C=O) groups excluding carboxylic acids is 1. The van der Waals surface area contributed by atoms with E-state index in [4.69, 9.17) is 11.6 Å². The van der Waals surface area contributed by atoms with Gasteiger partial charge in [0.1, 0.15) is 5.82 Å². The molecule has 1 amide bonds. The smallest absolute Gasteiger partial charge is 0.222 e. The van der Waals surface area contributed by atoms with Crippen LogP contribution >= 0.6 is 36.4 Å². The molecule has 2 rings (SSSR count). The SMILES string of the molecule is CNCCCC(=O)N1CCN(Cc2c(F)cccc2Cl)CC1.Cl.Cl. The molecule has 24 heavy (non-hydrogen) atoms. The van der Waals surface area contributed by atoms with Crippen LogP contribution in [0, 0.1) is 5.82 Å². The number of hydrogen-bond donors (Lipinski definition) is 1. The van der Waals surface area contributed by atoms with Gasteiger partial charge in [0.15, 0.2) is 0 Å². The maximum atomic E-state index is 13.8. The lowest BCUT2D eigenvalue weighted by atomic mass is 10.1. The van der Waals surface area contributed by atoms with Crippen molar-refractivity contribution in [2.75, 3.05) is 39.8 Å². The topological polar surface area (TPSA) is 35.6 Å². The molecule has 1 heterocycles. The summed E-state index contributed by atoms with van der Waals surface area (Å²) in [6.45, 7) is 4.25. The third-order valence-corrected chi connectivity index (χ3v) is 4.34. The number of nitrogens with zero attached hydrogens (tertiary/aromatic N) is 2. The summed E-state index contributed by atoms with van der Waals surface area (Å²) in [6, 6.07) is 4.76. The molecule has 8 heteroatoms. The Hall–Kier alpha value is -0.590. The molecule has 138 valence electrons. The van der Waals surface area contributed by atoms with E-state index >= 15 is 0 Å². The first-order valence-corrected chi connectivity index (χ1v) is 8.07. The lowest BCUT2D eigenvalue weighted by Crippen LogP contribution is -2.48. The zero-order chi connectivity index (χ0) is 15.9. The standard InChI is InChI=1S/C16H23ClFN3O.2ClH/c1-19-7-3-6-16(22)21-10-8-20(9-11-21)12-13-14(17)4-2-5-15(13)18;;/h2,4-5,19H,3,6-12H2,1H3;2*1H. The van der Waals surface area contributed by atoms with Crippen molar-refractivity contribution in [1.82, 2.24) is 15.1 Å². The molecule has 0 unspecified atom stereocenters. The Balaban J connectivity index is 0.00000264. The number of nitrogens with one attached hydrogen (secondary N) is 1. The van der Waals surface area contributed by atoms with Gasteiger partial charge in [-0.1, -0.05) is 17.7 Å². The van der Waals surface area contributed by atoms with E-state index in [0.29, 0.717) is 36.6 Å². The van der Waals surface area contributed by atoms with Gasteiger partial charge in [0.25, 0.3) is 0 Å². The van der Waals surface area contributed by atoms with Crippen LogP contribution in [0.5, 0.6) is 0 Å².